The Morgan fingerprint density at radius 1 is 1.09 bits per heavy atom. The molecule has 1 aliphatic heterocycles. The van der Waals surface area contributed by atoms with Crippen molar-refractivity contribution < 1.29 is 14.3 Å². The predicted octanol–water partition coefficient (Wildman–Crippen LogP) is 5.01. The van der Waals surface area contributed by atoms with E-state index in [-0.39, 0.29) is 17.4 Å². The summed E-state index contributed by atoms with van der Waals surface area (Å²) in [6.07, 6.45) is 0. The summed E-state index contributed by atoms with van der Waals surface area (Å²) in [4.78, 5) is 20.8. The first-order valence-corrected chi connectivity index (χ1v) is 11.4. The van der Waals surface area contributed by atoms with Crippen LogP contribution in [0.15, 0.2) is 77.8 Å². The van der Waals surface area contributed by atoms with E-state index in [1.54, 1.807) is 30.3 Å². The molecular formula is C27H29FN4O2. The van der Waals surface area contributed by atoms with Crippen molar-refractivity contribution in [1.29, 1.82) is 0 Å². The number of hydrogen-bond donors (Lipinski definition) is 2. The topological polar surface area (TPSA) is 68.2 Å². The van der Waals surface area contributed by atoms with Crippen LogP contribution in [0.25, 0.3) is 0 Å². The fourth-order valence-electron chi connectivity index (χ4n) is 4.17. The third-order valence-corrected chi connectivity index (χ3v) is 5.95. The van der Waals surface area contributed by atoms with E-state index < -0.39 is 5.97 Å². The first kappa shape index (κ1) is 23.3. The summed E-state index contributed by atoms with van der Waals surface area (Å²) in [7, 11) is 0. The first-order chi connectivity index (χ1) is 16.4. The van der Waals surface area contributed by atoms with Crippen LogP contribution in [0.3, 0.4) is 0 Å². The number of guanidine groups is 1. The number of carbonyl (C=O) groups is 1. The Kier molecular flexibility index (Phi) is 7.11. The number of carboxylic acids is 1. The molecule has 1 saturated heterocycles. The van der Waals surface area contributed by atoms with E-state index in [4.69, 9.17) is 4.99 Å². The largest absolute Gasteiger partial charge is 0.478 e. The van der Waals surface area contributed by atoms with Crippen LogP contribution in [0.4, 0.5) is 15.8 Å². The fraction of sp³-hybridized carbons (Fsp3) is 0.259. The zero-order chi connectivity index (χ0) is 24.1. The number of aliphatic imine (C=N–C) groups is 1. The molecule has 0 aliphatic carbocycles. The van der Waals surface area contributed by atoms with Crippen LogP contribution in [0.5, 0.6) is 0 Å². The molecule has 2 N–H and O–H groups in total. The maximum absolute atomic E-state index is 13.3. The molecule has 6 nitrogen and oxygen atoms in total. The Morgan fingerprint density at radius 2 is 1.85 bits per heavy atom. The molecule has 0 aromatic heterocycles. The van der Waals surface area contributed by atoms with E-state index in [0.29, 0.717) is 18.2 Å². The molecular weight excluding hydrogens is 431 g/mol. The molecule has 4 rings (SSSR count). The average molecular weight is 461 g/mol. The summed E-state index contributed by atoms with van der Waals surface area (Å²) >= 11 is 0. The van der Waals surface area contributed by atoms with E-state index in [0.717, 1.165) is 25.2 Å². The molecule has 1 fully saturated rings. The second kappa shape index (κ2) is 10.4. The van der Waals surface area contributed by atoms with Gasteiger partial charge in [0.25, 0.3) is 0 Å². The molecule has 0 radical (unpaired) electrons. The highest BCUT2D eigenvalue weighted by Crippen LogP contribution is 2.22. The Labute approximate surface area is 199 Å². The standard InChI is InChI=1S/C27H29FN4O2/c1-19-5-3-8-25(15-19)32-14-13-31(18-20(32)2)27(29-17-21-9-11-23(28)12-10-21)30-24-7-4-6-22(16-24)26(33)34/h3-12,15-16,20H,13-14,17-18H2,1-2H3,(H,29,30)(H,33,34)/t20-/m1/s1. The number of carboxylic acid groups (broad SMARTS) is 1. The van der Waals surface area contributed by atoms with Crippen LogP contribution in [0.2, 0.25) is 0 Å². The number of hydrogen-bond acceptors (Lipinski definition) is 3. The van der Waals surface area contributed by atoms with Crippen molar-refractivity contribution in [3.8, 4) is 0 Å². The third kappa shape index (κ3) is 5.73. The van der Waals surface area contributed by atoms with Gasteiger partial charge < -0.3 is 20.2 Å². The van der Waals surface area contributed by atoms with Gasteiger partial charge in [-0.1, -0.05) is 30.3 Å². The lowest BCUT2D eigenvalue weighted by atomic mass is 10.1. The van der Waals surface area contributed by atoms with Crippen LogP contribution >= 0.6 is 0 Å². The molecule has 0 unspecified atom stereocenters. The highest BCUT2D eigenvalue weighted by atomic mass is 19.1. The van der Waals surface area contributed by atoms with Gasteiger partial charge >= 0.3 is 5.97 Å². The van der Waals surface area contributed by atoms with Crippen molar-refractivity contribution in [2.24, 2.45) is 4.99 Å². The van der Waals surface area contributed by atoms with Crippen molar-refractivity contribution in [3.05, 3.63) is 95.3 Å². The quantitative estimate of drug-likeness (QED) is 0.414. The lowest BCUT2D eigenvalue weighted by molar-refractivity contribution is 0.0697. The zero-order valence-electron chi connectivity index (χ0n) is 19.4. The first-order valence-electron chi connectivity index (χ1n) is 11.4. The minimum Gasteiger partial charge on any atom is -0.478 e. The third-order valence-electron chi connectivity index (χ3n) is 5.95. The van der Waals surface area contributed by atoms with E-state index in [1.807, 2.05) is 6.07 Å². The van der Waals surface area contributed by atoms with Gasteiger partial charge in [-0.3, -0.25) is 0 Å². The molecule has 1 aliphatic rings. The van der Waals surface area contributed by atoms with Gasteiger partial charge in [-0.25, -0.2) is 14.2 Å². The monoisotopic (exact) mass is 460 g/mol. The maximum atomic E-state index is 13.3. The molecule has 34 heavy (non-hydrogen) atoms. The van der Waals surface area contributed by atoms with Gasteiger partial charge in [-0.2, -0.15) is 0 Å². The van der Waals surface area contributed by atoms with Gasteiger partial charge in [0.2, 0.25) is 0 Å². The van der Waals surface area contributed by atoms with Gasteiger partial charge in [0, 0.05) is 37.1 Å². The Balaban J connectivity index is 1.56. The number of aromatic carboxylic acids is 1. The molecule has 1 atom stereocenters. The van der Waals surface area contributed by atoms with Gasteiger partial charge in [-0.05, 0) is 67.4 Å². The van der Waals surface area contributed by atoms with Crippen LogP contribution in [0, 0.1) is 12.7 Å². The normalized spacial score (nSPS) is 16.4. The number of anilines is 2. The Bertz CT molecular complexity index is 1180. The maximum Gasteiger partial charge on any atom is 0.335 e. The highest BCUT2D eigenvalue weighted by Gasteiger charge is 2.26. The number of halogens is 1. The average Bonchev–Trinajstić information content (AvgIpc) is 2.83. The summed E-state index contributed by atoms with van der Waals surface area (Å²) in [5.41, 5.74) is 4.20. The molecule has 0 saturated carbocycles. The minimum atomic E-state index is -0.978. The summed E-state index contributed by atoms with van der Waals surface area (Å²) in [6.45, 7) is 7.01. The Morgan fingerprint density at radius 3 is 2.56 bits per heavy atom. The summed E-state index contributed by atoms with van der Waals surface area (Å²) in [5.74, 6) is -0.589. The second-order valence-electron chi connectivity index (χ2n) is 8.60. The van der Waals surface area contributed by atoms with Crippen molar-refractivity contribution in [2.45, 2.75) is 26.4 Å². The van der Waals surface area contributed by atoms with Crippen LogP contribution < -0.4 is 10.2 Å². The molecule has 176 valence electrons. The molecule has 7 heteroatoms. The molecule has 3 aromatic carbocycles. The van der Waals surface area contributed by atoms with Crippen molar-refractivity contribution in [3.63, 3.8) is 0 Å². The number of nitrogens with one attached hydrogen (secondary N) is 1. The van der Waals surface area contributed by atoms with Gasteiger partial charge in [0.15, 0.2) is 5.96 Å². The molecule has 0 spiro atoms. The Hall–Kier alpha value is -3.87. The lowest BCUT2D eigenvalue weighted by Crippen LogP contribution is -2.55. The van der Waals surface area contributed by atoms with Gasteiger partial charge in [0.1, 0.15) is 5.82 Å². The van der Waals surface area contributed by atoms with Gasteiger partial charge in [0.05, 0.1) is 12.1 Å². The number of piperazine rings is 1. The van der Waals surface area contributed by atoms with E-state index in [9.17, 15) is 14.3 Å². The van der Waals surface area contributed by atoms with Crippen LogP contribution in [0.1, 0.15) is 28.4 Å². The zero-order valence-corrected chi connectivity index (χ0v) is 19.4. The van der Waals surface area contributed by atoms with Crippen molar-refractivity contribution in [2.75, 3.05) is 29.9 Å². The molecule has 0 amide bonds. The summed E-state index contributed by atoms with van der Waals surface area (Å²) < 4.78 is 13.3. The SMILES string of the molecule is Cc1cccc(N2CCN(C(=NCc3ccc(F)cc3)Nc3cccc(C(=O)O)c3)C[C@H]2C)c1. The van der Waals surface area contributed by atoms with E-state index >= 15 is 0 Å². The number of aryl methyl sites for hydroxylation is 1. The molecule has 3 aromatic rings. The summed E-state index contributed by atoms with van der Waals surface area (Å²) in [6, 6.07) is 21.8. The smallest absolute Gasteiger partial charge is 0.335 e. The van der Waals surface area contributed by atoms with Crippen molar-refractivity contribution in [1.82, 2.24) is 4.90 Å². The highest BCUT2D eigenvalue weighted by molar-refractivity contribution is 5.96. The predicted molar refractivity (Wildman–Crippen MR) is 134 cm³/mol. The van der Waals surface area contributed by atoms with Crippen LogP contribution in [-0.2, 0) is 6.54 Å². The van der Waals surface area contributed by atoms with Crippen molar-refractivity contribution >= 4 is 23.3 Å². The van der Waals surface area contributed by atoms with E-state index in [1.165, 1.54) is 23.4 Å². The lowest BCUT2D eigenvalue weighted by Gasteiger charge is -2.42. The number of benzene rings is 3. The van der Waals surface area contributed by atoms with Gasteiger partial charge in [-0.15, -0.1) is 0 Å². The number of rotatable bonds is 5. The number of nitrogens with zero attached hydrogens (tertiary/aromatic N) is 3. The minimum absolute atomic E-state index is 0.209. The van der Waals surface area contributed by atoms with Crippen LogP contribution in [-0.4, -0.2) is 47.6 Å². The van der Waals surface area contributed by atoms with E-state index in [2.05, 4.69) is 53.2 Å². The molecule has 1 heterocycles. The fourth-order valence-corrected chi connectivity index (χ4v) is 4.17. The molecule has 0 bridgehead atoms. The summed E-state index contributed by atoms with van der Waals surface area (Å²) in [5, 5.41) is 12.7. The second-order valence-corrected chi connectivity index (χ2v) is 8.60.